The predicted molar refractivity (Wildman–Crippen MR) is 273 cm³/mol. The van der Waals surface area contributed by atoms with E-state index in [2.05, 4.69) is 17.0 Å². The minimum Gasteiger partial charge on any atom is -0.485 e. The second-order valence-electron chi connectivity index (χ2n) is 15.6. The van der Waals surface area contributed by atoms with Crippen LogP contribution in [0.3, 0.4) is 0 Å². The molecule has 0 aliphatic heterocycles. The van der Waals surface area contributed by atoms with Gasteiger partial charge in [0.2, 0.25) is 0 Å². The number of nitrogens with one attached hydrogen (secondary N) is 1. The Balaban J connectivity index is 0.000000198. The summed E-state index contributed by atoms with van der Waals surface area (Å²) in [6.45, 7) is 5.25. The first kappa shape index (κ1) is 52.0. The Morgan fingerprint density at radius 3 is 1.25 bits per heavy atom. The first-order valence-electron chi connectivity index (χ1n) is 22.7. The molecule has 8 rings (SSSR count). The Morgan fingerprint density at radius 1 is 0.451 bits per heavy atom. The lowest BCUT2D eigenvalue weighted by molar-refractivity contribution is 0.155. The van der Waals surface area contributed by atoms with Crippen LogP contribution in [-0.2, 0) is 48.7 Å². The van der Waals surface area contributed by atoms with Gasteiger partial charge in [-0.05, 0) is 94.8 Å². The molecular formula is C58H53ClF2N2O8. The molecule has 1 amide bonds. The summed E-state index contributed by atoms with van der Waals surface area (Å²) in [6, 6.07) is 58.1. The topological polar surface area (TPSA) is 128 Å². The van der Waals surface area contributed by atoms with Crippen LogP contribution in [0.25, 0.3) is 0 Å². The van der Waals surface area contributed by atoms with Gasteiger partial charge >= 0.3 is 11.5 Å². The zero-order valence-corrected chi connectivity index (χ0v) is 40.0. The number of halogens is 3. The lowest BCUT2D eigenvalue weighted by Crippen LogP contribution is -2.13. The summed E-state index contributed by atoms with van der Waals surface area (Å²) in [7, 11) is 0. The SMILES string of the molecule is CCc1ccc(Oc2ccc(N)cc2F)c(OCc2ccccc2)c1.CCc1ccc(Oc2ccc(NC(=O)OCc3ccccc3)cc2F)c(OCc2ccccc2)c1.O=C(Cl)OCc1ccccc1. The highest BCUT2D eigenvalue weighted by Crippen LogP contribution is 2.36. The molecular weight excluding hydrogens is 926 g/mol. The molecule has 10 nitrogen and oxygen atoms in total. The number of carbonyl (C=O) groups is 2. The van der Waals surface area contributed by atoms with Crippen molar-refractivity contribution in [2.75, 3.05) is 11.1 Å². The molecule has 71 heavy (non-hydrogen) atoms. The number of rotatable bonds is 17. The van der Waals surface area contributed by atoms with Crippen molar-refractivity contribution in [3.8, 4) is 34.5 Å². The Bertz CT molecular complexity index is 2910. The second kappa shape index (κ2) is 27.6. The number of anilines is 2. The normalized spacial score (nSPS) is 10.3. The standard InChI is InChI=1S/C29H26FNO4.C21H20FNO2.C8H7ClO2/c1-2-21-13-15-27(28(17-21)33-19-22-9-5-3-6-10-22)35-26-16-14-24(18-25(26)30)31-29(32)34-20-23-11-7-4-8-12-23;1-2-15-8-10-20(25-19-11-9-17(23)13-18(19)22)21(12-15)24-14-16-6-4-3-5-7-16;9-8(10)11-6-7-4-2-1-3-5-7/h3-18H,2,19-20H2,1H3,(H,31,32);3-13H,2,14,23H2,1H3;1-5H,6H2. The number of carbonyl (C=O) groups excluding carboxylic acids is 2. The van der Waals surface area contributed by atoms with Crippen LogP contribution in [0.15, 0.2) is 194 Å². The fourth-order valence-corrected chi connectivity index (χ4v) is 6.55. The van der Waals surface area contributed by atoms with Gasteiger partial charge in [-0.3, -0.25) is 5.32 Å². The van der Waals surface area contributed by atoms with E-state index in [1.807, 2.05) is 153 Å². The van der Waals surface area contributed by atoms with Crippen molar-refractivity contribution in [3.05, 3.63) is 239 Å². The molecule has 0 saturated heterocycles. The molecule has 0 bridgehead atoms. The Hall–Kier alpha value is -8.35. The Kier molecular flexibility index (Phi) is 20.2. The predicted octanol–water partition coefficient (Wildman–Crippen LogP) is 15.4. The zero-order valence-electron chi connectivity index (χ0n) is 39.2. The van der Waals surface area contributed by atoms with E-state index in [0.717, 1.165) is 46.2 Å². The molecule has 3 N–H and O–H groups in total. The van der Waals surface area contributed by atoms with E-state index in [4.69, 9.17) is 41.0 Å². The molecule has 8 aromatic carbocycles. The number of ether oxygens (including phenoxy) is 6. The van der Waals surface area contributed by atoms with E-state index in [-0.39, 0.29) is 30.4 Å². The quantitative estimate of drug-likeness (QED) is 0.0677. The summed E-state index contributed by atoms with van der Waals surface area (Å²) in [5.41, 5.74) is 11.5. The fourth-order valence-electron chi connectivity index (χ4n) is 6.50. The maximum Gasteiger partial charge on any atom is 0.411 e. The largest absolute Gasteiger partial charge is 0.485 e. The van der Waals surface area contributed by atoms with E-state index in [1.54, 1.807) is 24.3 Å². The molecule has 0 spiro atoms. The van der Waals surface area contributed by atoms with Crippen LogP contribution < -0.4 is 30.0 Å². The van der Waals surface area contributed by atoms with Gasteiger partial charge in [-0.1, -0.05) is 147 Å². The second-order valence-corrected chi connectivity index (χ2v) is 15.9. The van der Waals surface area contributed by atoms with Crippen LogP contribution >= 0.6 is 11.6 Å². The van der Waals surface area contributed by atoms with Gasteiger partial charge in [-0.15, -0.1) is 0 Å². The first-order chi connectivity index (χ1) is 34.5. The Labute approximate surface area is 417 Å². The molecule has 0 heterocycles. The molecule has 0 unspecified atom stereocenters. The van der Waals surface area contributed by atoms with E-state index >= 15 is 0 Å². The number of hydrogen-bond donors (Lipinski definition) is 2. The minimum atomic E-state index is -0.770. The highest BCUT2D eigenvalue weighted by atomic mass is 35.5. The highest BCUT2D eigenvalue weighted by molar-refractivity contribution is 6.61. The van der Waals surface area contributed by atoms with Crippen molar-refractivity contribution < 1.29 is 46.8 Å². The number of nitrogens with two attached hydrogens (primary N) is 1. The first-order valence-corrected chi connectivity index (χ1v) is 23.1. The van der Waals surface area contributed by atoms with Crippen molar-refractivity contribution in [2.24, 2.45) is 0 Å². The van der Waals surface area contributed by atoms with Gasteiger partial charge in [0.05, 0.1) is 0 Å². The average molecular weight is 980 g/mol. The molecule has 0 fully saturated rings. The third kappa shape index (κ3) is 17.6. The fraction of sp³-hybridized carbons (Fsp3) is 0.138. The maximum absolute atomic E-state index is 14.8. The van der Waals surface area contributed by atoms with Gasteiger partial charge in [0.25, 0.3) is 0 Å². The van der Waals surface area contributed by atoms with Gasteiger partial charge in [-0.2, -0.15) is 0 Å². The van der Waals surface area contributed by atoms with Gasteiger partial charge in [0.1, 0.15) is 26.4 Å². The van der Waals surface area contributed by atoms with Crippen molar-refractivity contribution in [2.45, 2.75) is 53.1 Å². The van der Waals surface area contributed by atoms with E-state index in [1.165, 1.54) is 24.3 Å². The summed E-state index contributed by atoms with van der Waals surface area (Å²) < 4.78 is 62.1. The van der Waals surface area contributed by atoms with Crippen LogP contribution in [0.2, 0.25) is 0 Å². The van der Waals surface area contributed by atoms with Crippen molar-refractivity contribution in [1.82, 2.24) is 0 Å². The summed E-state index contributed by atoms with van der Waals surface area (Å²) in [6.07, 6.45) is 1.03. The van der Waals surface area contributed by atoms with Gasteiger partial charge in [-0.25, -0.2) is 18.4 Å². The average Bonchev–Trinajstić information content (AvgIpc) is 3.40. The van der Waals surface area contributed by atoms with Gasteiger partial charge in [0, 0.05) is 35.1 Å². The van der Waals surface area contributed by atoms with Crippen LogP contribution in [-0.4, -0.2) is 11.5 Å². The zero-order chi connectivity index (χ0) is 50.2. The van der Waals surface area contributed by atoms with Crippen molar-refractivity contribution >= 4 is 34.5 Å². The van der Waals surface area contributed by atoms with Crippen LogP contribution in [0.1, 0.15) is 47.2 Å². The summed E-state index contributed by atoms with van der Waals surface area (Å²) in [5.74, 6) is 0.980. The monoisotopic (exact) mass is 978 g/mol. The van der Waals surface area contributed by atoms with E-state index in [9.17, 15) is 18.4 Å². The molecule has 364 valence electrons. The summed E-state index contributed by atoms with van der Waals surface area (Å²) >= 11 is 4.97. The number of nitrogen functional groups attached to an aromatic ring is 1. The van der Waals surface area contributed by atoms with Crippen molar-refractivity contribution in [3.63, 3.8) is 0 Å². The minimum absolute atomic E-state index is 0.0158. The summed E-state index contributed by atoms with van der Waals surface area (Å²) in [5, 5.41) is 2.53. The highest BCUT2D eigenvalue weighted by Gasteiger charge is 2.15. The van der Waals surface area contributed by atoms with Crippen LogP contribution in [0, 0.1) is 11.6 Å². The molecule has 0 aliphatic rings. The smallest absolute Gasteiger partial charge is 0.411 e. The third-order valence-electron chi connectivity index (χ3n) is 10.3. The van der Waals surface area contributed by atoms with Crippen LogP contribution in [0.5, 0.6) is 34.5 Å². The third-order valence-corrected chi connectivity index (χ3v) is 10.4. The molecule has 0 aliphatic carbocycles. The Morgan fingerprint density at radius 2 is 0.845 bits per heavy atom. The van der Waals surface area contributed by atoms with E-state index < -0.39 is 23.2 Å². The van der Waals surface area contributed by atoms with Crippen molar-refractivity contribution in [1.29, 1.82) is 0 Å². The summed E-state index contributed by atoms with van der Waals surface area (Å²) in [4.78, 5) is 22.2. The van der Waals surface area contributed by atoms with E-state index in [0.29, 0.717) is 41.9 Å². The van der Waals surface area contributed by atoms with Gasteiger partial charge < -0.3 is 34.2 Å². The maximum atomic E-state index is 14.8. The lowest BCUT2D eigenvalue weighted by atomic mass is 10.1. The molecule has 0 aromatic heterocycles. The molecule has 0 radical (unpaired) electrons. The number of hydrogen-bond acceptors (Lipinski definition) is 9. The number of aryl methyl sites for hydroxylation is 2. The molecule has 0 saturated carbocycles. The van der Waals surface area contributed by atoms with Gasteiger partial charge in [0.15, 0.2) is 46.1 Å². The molecule has 8 aromatic rings. The number of amides is 1. The number of benzene rings is 8. The molecule has 0 atom stereocenters. The molecule has 13 heteroatoms. The lowest BCUT2D eigenvalue weighted by Gasteiger charge is -2.15. The van der Waals surface area contributed by atoms with Crippen LogP contribution in [0.4, 0.5) is 29.7 Å².